The topological polar surface area (TPSA) is 37.4 Å². The molecule has 0 unspecified atom stereocenters. The Kier molecular flexibility index (Phi) is 5.22. The van der Waals surface area contributed by atoms with E-state index in [2.05, 4.69) is 4.90 Å². The highest BCUT2D eigenvalue weighted by Crippen LogP contribution is 2.34. The predicted octanol–water partition coefficient (Wildman–Crippen LogP) is 4.13. The number of anilines is 1. The second-order valence-corrected chi connectivity index (χ2v) is 6.42. The number of halogens is 2. The van der Waals surface area contributed by atoms with Crippen molar-refractivity contribution in [3.8, 4) is 0 Å². The Balaban J connectivity index is 1.87. The Bertz CT molecular complexity index is 717. The van der Waals surface area contributed by atoms with Crippen LogP contribution in [0.1, 0.15) is 32.2 Å². The summed E-state index contributed by atoms with van der Waals surface area (Å²) >= 11 is 11.7. The number of alkyl halides is 2. The molecule has 0 amide bonds. The third kappa shape index (κ3) is 3.06. The van der Waals surface area contributed by atoms with Gasteiger partial charge in [0.2, 0.25) is 0 Å². The summed E-state index contributed by atoms with van der Waals surface area (Å²) in [4.78, 5) is 27.2. The van der Waals surface area contributed by atoms with Crippen molar-refractivity contribution in [3.63, 3.8) is 0 Å². The van der Waals surface area contributed by atoms with E-state index >= 15 is 0 Å². The molecule has 1 aliphatic carbocycles. The van der Waals surface area contributed by atoms with Gasteiger partial charge in [-0.2, -0.15) is 0 Å². The van der Waals surface area contributed by atoms with Gasteiger partial charge in [-0.25, -0.2) is 0 Å². The third-order valence-electron chi connectivity index (χ3n) is 4.28. The van der Waals surface area contributed by atoms with E-state index in [0.717, 1.165) is 11.3 Å². The first-order chi connectivity index (χ1) is 11.7. The molecule has 0 bridgehead atoms. The van der Waals surface area contributed by atoms with Gasteiger partial charge >= 0.3 is 0 Å². The van der Waals surface area contributed by atoms with E-state index in [1.807, 2.05) is 24.3 Å². The normalized spacial score (nSPS) is 14.1. The van der Waals surface area contributed by atoms with Crippen molar-refractivity contribution >= 4 is 40.5 Å². The minimum atomic E-state index is -0.731. The van der Waals surface area contributed by atoms with E-state index in [1.165, 1.54) is 0 Å². The average molecular weight is 362 g/mol. The summed E-state index contributed by atoms with van der Waals surface area (Å²) in [7, 11) is 0. The Morgan fingerprint density at radius 1 is 0.792 bits per heavy atom. The molecule has 0 aromatic heterocycles. The number of rotatable bonds is 6. The molecular formula is C19H17Cl2NO2. The van der Waals surface area contributed by atoms with Gasteiger partial charge in [-0.05, 0) is 17.7 Å². The summed E-state index contributed by atoms with van der Waals surface area (Å²) in [6.07, 6.45) is 0. The van der Waals surface area contributed by atoms with Crippen molar-refractivity contribution in [2.45, 2.75) is 5.92 Å². The molecule has 5 heteroatoms. The molecule has 0 aliphatic heterocycles. The number of benzene rings is 2. The van der Waals surface area contributed by atoms with Crippen LogP contribution in [0.5, 0.6) is 0 Å². The quantitative estimate of drug-likeness (QED) is 0.573. The Morgan fingerprint density at radius 2 is 1.29 bits per heavy atom. The second kappa shape index (κ2) is 7.37. The maximum atomic E-state index is 12.6. The molecule has 0 radical (unpaired) electrons. The number of ketones is 2. The van der Waals surface area contributed by atoms with Crippen LogP contribution in [0.4, 0.5) is 5.69 Å². The summed E-state index contributed by atoms with van der Waals surface area (Å²) < 4.78 is 0. The molecule has 0 heterocycles. The van der Waals surface area contributed by atoms with Crippen molar-refractivity contribution in [1.29, 1.82) is 0 Å². The molecule has 124 valence electrons. The van der Waals surface area contributed by atoms with Crippen LogP contribution in [0.3, 0.4) is 0 Å². The highest BCUT2D eigenvalue weighted by atomic mass is 35.5. The van der Waals surface area contributed by atoms with Crippen molar-refractivity contribution in [3.05, 3.63) is 65.2 Å². The van der Waals surface area contributed by atoms with Gasteiger partial charge in [0, 0.05) is 41.7 Å². The fourth-order valence-electron chi connectivity index (χ4n) is 3.10. The van der Waals surface area contributed by atoms with Crippen LogP contribution >= 0.6 is 23.2 Å². The van der Waals surface area contributed by atoms with Crippen LogP contribution in [0.15, 0.2) is 48.5 Å². The number of hydrogen-bond donors (Lipinski definition) is 0. The zero-order valence-electron chi connectivity index (χ0n) is 13.0. The largest absolute Gasteiger partial charge is 0.369 e. The summed E-state index contributed by atoms with van der Waals surface area (Å²) in [5.74, 6) is 0.0376. The smallest absolute Gasteiger partial charge is 0.178 e. The van der Waals surface area contributed by atoms with Crippen LogP contribution in [0, 0.1) is 0 Å². The number of nitrogens with zero attached hydrogens (tertiary/aromatic N) is 1. The van der Waals surface area contributed by atoms with E-state index < -0.39 is 5.92 Å². The van der Waals surface area contributed by atoms with Crippen molar-refractivity contribution in [2.24, 2.45) is 0 Å². The lowest BCUT2D eigenvalue weighted by atomic mass is 9.94. The maximum Gasteiger partial charge on any atom is 0.178 e. The number of hydrogen-bond acceptors (Lipinski definition) is 3. The lowest BCUT2D eigenvalue weighted by molar-refractivity contribution is 0.0890. The zero-order chi connectivity index (χ0) is 17.1. The van der Waals surface area contributed by atoms with Crippen LogP contribution in [-0.2, 0) is 0 Å². The molecule has 2 aromatic carbocycles. The summed E-state index contributed by atoms with van der Waals surface area (Å²) in [5, 5.41) is 0. The number of Topliss-reactive ketones (excluding diaryl/α,β-unsaturated/α-hetero) is 2. The van der Waals surface area contributed by atoms with E-state index in [-0.39, 0.29) is 11.6 Å². The van der Waals surface area contributed by atoms with Crippen LogP contribution in [0.2, 0.25) is 0 Å². The second-order valence-electron chi connectivity index (χ2n) is 5.66. The summed E-state index contributed by atoms with van der Waals surface area (Å²) in [6.45, 7) is 1.39. The van der Waals surface area contributed by atoms with E-state index in [9.17, 15) is 9.59 Å². The third-order valence-corrected chi connectivity index (χ3v) is 4.62. The number of carbonyl (C=O) groups is 2. The molecule has 3 nitrogen and oxygen atoms in total. The zero-order valence-corrected chi connectivity index (χ0v) is 14.6. The molecule has 0 spiro atoms. The molecule has 0 N–H and O–H groups in total. The van der Waals surface area contributed by atoms with Crippen LogP contribution < -0.4 is 4.90 Å². The monoisotopic (exact) mass is 361 g/mol. The van der Waals surface area contributed by atoms with E-state index in [1.54, 1.807) is 24.3 Å². The van der Waals surface area contributed by atoms with Crippen molar-refractivity contribution in [1.82, 2.24) is 0 Å². The van der Waals surface area contributed by atoms with Gasteiger partial charge in [-0.1, -0.05) is 36.4 Å². The highest BCUT2D eigenvalue weighted by Gasteiger charge is 2.39. The van der Waals surface area contributed by atoms with Gasteiger partial charge < -0.3 is 4.90 Å². The minimum absolute atomic E-state index is 0.123. The first-order valence-corrected chi connectivity index (χ1v) is 8.88. The fraction of sp³-hybridized carbons (Fsp3) is 0.263. The lowest BCUT2D eigenvalue weighted by Crippen LogP contribution is -2.27. The van der Waals surface area contributed by atoms with Crippen LogP contribution in [-0.4, -0.2) is 36.4 Å². The van der Waals surface area contributed by atoms with Crippen molar-refractivity contribution < 1.29 is 9.59 Å². The molecule has 0 saturated heterocycles. The molecule has 1 aliphatic rings. The standard InChI is InChI=1S/C19H17Cl2NO2/c20-9-11-22(12-10-21)14-7-5-13(6-8-14)17-18(23)15-3-1-2-4-16(15)19(17)24/h1-8,17H,9-12H2. The predicted molar refractivity (Wildman–Crippen MR) is 97.9 cm³/mol. The summed E-state index contributed by atoms with van der Waals surface area (Å²) in [5.41, 5.74) is 2.74. The molecule has 0 fully saturated rings. The van der Waals surface area contributed by atoms with Gasteiger partial charge in [0.15, 0.2) is 11.6 Å². The first kappa shape index (κ1) is 17.0. The Labute approximate surface area is 151 Å². The van der Waals surface area contributed by atoms with Crippen molar-refractivity contribution in [2.75, 3.05) is 29.7 Å². The number of fused-ring (bicyclic) bond motifs is 1. The van der Waals surface area contributed by atoms with Gasteiger partial charge in [0.1, 0.15) is 5.92 Å². The molecule has 0 atom stereocenters. The van der Waals surface area contributed by atoms with Gasteiger partial charge in [0.05, 0.1) is 0 Å². The first-order valence-electron chi connectivity index (χ1n) is 7.81. The Morgan fingerprint density at radius 3 is 1.75 bits per heavy atom. The highest BCUT2D eigenvalue weighted by molar-refractivity contribution is 6.29. The lowest BCUT2D eigenvalue weighted by Gasteiger charge is -2.23. The van der Waals surface area contributed by atoms with Crippen LogP contribution in [0.25, 0.3) is 0 Å². The summed E-state index contributed by atoms with van der Waals surface area (Å²) in [6, 6.07) is 14.5. The molecule has 24 heavy (non-hydrogen) atoms. The van der Waals surface area contributed by atoms with E-state index in [0.29, 0.717) is 36.0 Å². The Hall–Kier alpha value is -1.84. The van der Waals surface area contributed by atoms with Gasteiger partial charge in [0.25, 0.3) is 0 Å². The fourth-order valence-corrected chi connectivity index (χ4v) is 3.51. The van der Waals surface area contributed by atoms with Gasteiger partial charge in [-0.15, -0.1) is 23.2 Å². The number of carbonyl (C=O) groups excluding carboxylic acids is 2. The molecular weight excluding hydrogens is 345 g/mol. The molecule has 3 rings (SSSR count). The maximum absolute atomic E-state index is 12.6. The average Bonchev–Trinajstić information content (AvgIpc) is 2.86. The molecule has 2 aromatic rings. The SMILES string of the molecule is O=C1c2ccccc2C(=O)C1c1ccc(N(CCCl)CCCl)cc1. The molecule has 0 saturated carbocycles. The minimum Gasteiger partial charge on any atom is -0.369 e. The van der Waals surface area contributed by atoms with Gasteiger partial charge in [-0.3, -0.25) is 9.59 Å². The van der Waals surface area contributed by atoms with E-state index in [4.69, 9.17) is 23.2 Å².